The number of methoxy groups -OCH3 is 2. The first-order valence-electron chi connectivity index (χ1n) is 10.0. The van der Waals surface area contributed by atoms with E-state index < -0.39 is 6.10 Å². The van der Waals surface area contributed by atoms with Crippen LogP contribution in [0.2, 0.25) is 0 Å². The van der Waals surface area contributed by atoms with Crippen LogP contribution >= 0.6 is 0 Å². The highest BCUT2D eigenvalue weighted by molar-refractivity contribution is 6.05. The molecule has 1 aliphatic rings. The molecule has 0 fully saturated rings. The fourth-order valence-electron chi connectivity index (χ4n) is 3.37. The van der Waals surface area contributed by atoms with Crippen LogP contribution in [0, 0.1) is 0 Å². The van der Waals surface area contributed by atoms with Gasteiger partial charge in [0, 0.05) is 35.5 Å². The molecule has 2 atom stereocenters. The van der Waals surface area contributed by atoms with Gasteiger partial charge in [0.2, 0.25) is 0 Å². The van der Waals surface area contributed by atoms with Crippen LogP contribution in [0.25, 0.3) is 0 Å². The van der Waals surface area contributed by atoms with E-state index in [1.54, 1.807) is 37.3 Å². The summed E-state index contributed by atoms with van der Waals surface area (Å²) < 4.78 is 16.3. The van der Waals surface area contributed by atoms with Crippen molar-refractivity contribution in [2.45, 2.75) is 45.9 Å². The van der Waals surface area contributed by atoms with Gasteiger partial charge >= 0.3 is 0 Å². The lowest BCUT2D eigenvalue weighted by Crippen LogP contribution is -2.42. The molecule has 2 aromatic carbocycles. The van der Waals surface area contributed by atoms with Crippen LogP contribution in [0.15, 0.2) is 36.4 Å². The number of nitrogens with zero attached hydrogens (tertiary/aromatic N) is 1. The van der Waals surface area contributed by atoms with Gasteiger partial charge < -0.3 is 24.4 Å². The quantitative estimate of drug-likeness (QED) is 0.780. The number of fused-ring (bicyclic) bond motifs is 1. The Labute approximate surface area is 176 Å². The molecule has 3 rings (SSSR count). The highest BCUT2D eigenvalue weighted by Crippen LogP contribution is 2.30. The zero-order valence-corrected chi connectivity index (χ0v) is 18.0. The van der Waals surface area contributed by atoms with E-state index in [1.807, 2.05) is 24.8 Å². The summed E-state index contributed by atoms with van der Waals surface area (Å²) in [6, 6.07) is 10.5. The Balaban J connectivity index is 1.86. The molecule has 0 spiro atoms. The molecular formula is C23H28N2O5. The Bertz CT molecular complexity index is 921. The largest absolute Gasteiger partial charge is 0.497 e. The summed E-state index contributed by atoms with van der Waals surface area (Å²) in [5.41, 5.74) is 1.90. The van der Waals surface area contributed by atoms with Gasteiger partial charge in [0.15, 0.2) is 6.10 Å². The lowest BCUT2D eigenvalue weighted by molar-refractivity contribution is -0.139. The van der Waals surface area contributed by atoms with Crippen LogP contribution in [-0.4, -0.2) is 43.1 Å². The Kier molecular flexibility index (Phi) is 6.50. The van der Waals surface area contributed by atoms with Crippen molar-refractivity contribution in [2.75, 3.05) is 19.5 Å². The molecule has 7 nitrogen and oxygen atoms in total. The monoisotopic (exact) mass is 412 g/mol. The molecule has 1 aliphatic heterocycles. The molecule has 0 aromatic heterocycles. The normalized spacial score (nSPS) is 16.8. The zero-order valence-electron chi connectivity index (χ0n) is 18.0. The van der Waals surface area contributed by atoms with Crippen LogP contribution < -0.4 is 19.5 Å². The molecule has 1 N–H and O–H groups in total. The Morgan fingerprint density at radius 3 is 2.47 bits per heavy atom. The first-order chi connectivity index (χ1) is 14.4. The molecule has 2 amide bonds. The van der Waals surface area contributed by atoms with Gasteiger partial charge in [-0.2, -0.15) is 0 Å². The first kappa shape index (κ1) is 21.5. The molecule has 160 valence electrons. The highest BCUT2D eigenvalue weighted by atomic mass is 16.5. The van der Waals surface area contributed by atoms with Gasteiger partial charge in [-0.3, -0.25) is 9.59 Å². The van der Waals surface area contributed by atoms with E-state index in [1.165, 1.54) is 14.2 Å². The number of rotatable bonds is 6. The standard InChI is InChI=1S/C23H28N2O5/c1-6-14(2)25-13-17-9-18(7-8-21(17)30-15(3)23(25)27)24-22(26)16-10-19(28-4)12-20(11-16)29-5/h7-12,14-15H,6,13H2,1-5H3,(H,24,26)/t14-,15-/m1/s1. The molecule has 1 heterocycles. The molecule has 30 heavy (non-hydrogen) atoms. The zero-order chi connectivity index (χ0) is 21.8. The van der Waals surface area contributed by atoms with E-state index in [0.29, 0.717) is 35.0 Å². The average Bonchev–Trinajstić information content (AvgIpc) is 2.88. The summed E-state index contributed by atoms with van der Waals surface area (Å²) in [5.74, 6) is 1.40. The maximum atomic E-state index is 12.8. The number of amides is 2. The predicted octanol–water partition coefficient (Wildman–Crippen LogP) is 3.86. The summed E-state index contributed by atoms with van der Waals surface area (Å²) >= 11 is 0. The van der Waals surface area contributed by atoms with Gasteiger partial charge in [-0.15, -0.1) is 0 Å². The Morgan fingerprint density at radius 1 is 1.20 bits per heavy atom. The maximum absolute atomic E-state index is 12.8. The molecule has 0 radical (unpaired) electrons. The third kappa shape index (κ3) is 4.50. The first-order valence-corrected chi connectivity index (χ1v) is 10.0. The Morgan fingerprint density at radius 2 is 1.87 bits per heavy atom. The van der Waals surface area contributed by atoms with Crippen LogP contribution in [0.4, 0.5) is 5.69 Å². The summed E-state index contributed by atoms with van der Waals surface area (Å²) in [4.78, 5) is 27.3. The van der Waals surface area contributed by atoms with Crippen molar-refractivity contribution in [1.29, 1.82) is 0 Å². The molecule has 0 saturated carbocycles. The van der Waals surface area contributed by atoms with Gasteiger partial charge in [-0.05, 0) is 50.6 Å². The number of benzene rings is 2. The fourth-order valence-corrected chi connectivity index (χ4v) is 3.37. The van der Waals surface area contributed by atoms with Crippen molar-refractivity contribution in [1.82, 2.24) is 4.90 Å². The minimum atomic E-state index is -0.551. The third-order valence-electron chi connectivity index (χ3n) is 5.33. The van der Waals surface area contributed by atoms with E-state index in [9.17, 15) is 9.59 Å². The number of nitrogens with one attached hydrogen (secondary N) is 1. The van der Waals surface area contributed by atoms with Crippen molar-refractivity contribution in [3.63, 3.8) is 0 Å². The molecule has 2 aromatic rings. The summed E-state index contributed by atoms with van der Waals surface area (Å²) in [6.45, 7) is 6.27. The van der Waals surface area contributed by atoms with Gasteiger partial charge in [0.05, 0.1) is 14.2 Å². The van der Waals surface area contributed by atoms with E-state index in [0.717, 1.165) is 12.0 Å². The van der Waals surface area contributed by atoms with Gasteiger partial charge in [-0.1, -0.05) is 6.92 Å². The van der Waals surface area contributed by atoms with E-state index in [4.69, 9.17) is 14.2 Å². The number of hydrogen-bond acceptors (Lipinski definition) is 5. The summed E-state index contributed by atoms with van der Waals surface area (Å²) in [6.07, 6.45) is 0.298. The second-order valence-electron chi connectivity index (χ2n) is 7.36. The van der Waals surface area contributed by atoms with Crippen LogP contribution in [-0.2, 0) is 11.3 Å². The predicted molar refractivity (Wildman–Crippen MR) is 114 cm³/mol. The summed E-state index contributed by atoms with van der Waals surface area (Å²) in [7, 11) is 3.07. The number of ether oxygens (including phenoxy) is 3. The molecular weight excluding hydrogens is 384 g/mol. The number of hydrogen-bond donors (Lipinski definition) is 1. The van der Waals surface area contributed by atoms with Crippen LogP contribution in [0.5, 0.6) is 17.2 Å². The second-order valence-corrected chi connectivity index (χ2v) is 7.36. The minimum Gasteiger partial charge on any atom is -0.497 e. The smallest absolute Gasteiger partial charge is 0.263 e. The highest BCUT2D eigenvalue weighted by Gasteiger charge is 2.30. The lowest BCUT2D eigenvalue weighted by atomic mass is 10.1. The SMILES string of the molecule is CC[C@@H](C)N1Cc2cc(NC(=O)c3cc(OC)cc(OC)c3)ccc2O[C@H](C)C1=O. The molecule has 0 bridgehead atoms. The topological polar surface area (TPSA) is 77.1 Å². The van der Waals surface area contributed by atoms with Crippen molar-refractivity contribution < 1.29 is 23.8 Å². The number of anilines is 1. The molecule has 0 unspecified atom stereocenters. The van der Waals surface area contributed by atoms with E-state index >= 15 is 0 Å². The van der Waals surface area contributed by atoms with Crippen LogP contribution in [0.1, 0.15) is 43.1 Å². The fraction of sp³-hybridized carbons (Fsp3) is 0.391. The van der Waals surface area contributed by atoms with Crippen molar-refractivity contribution in [3.8, 4) is 17.2 Å². The van der Waals surface area contributed by atoms with Gasteiger partial charge in [0.1, 0.15) is 17.2 Å². The Hall–Kier alpha value is -3.22. The number of carbonyl (C=O) groups is 2. The average molecular weight is 412 g/mol. The third-order valence-corrected chi connectivity index (χ3v) is 5.33. The molecule has 7 heteroatoms. The van der Waals surface area contributed by atoms with Crippen LogP contribution in [0.3, 0.4) is 0 Å². The van der Waals surface area contributed by atoms with E-state index in [-0.39, 0.29) is 17.9 Å². The lowest BCUT2D eigenvalue weighted by Gasteiger charge is -2.28. The second kappa shape index (κ2) is 9.07. The van der Waals surface area contributed by atoms with Gasteiger partial charge in [-0.25, -0.2) is 0 Å². The minimum absolute atomic E-state index is 0.0328. The van der Waals surface area contributed by atoms with Crippen molar-refractivity contribution in [3.05, 3.63) is 47.5 Å². The van der Waals surface area contributed by atoms with E-state index in [2.05, 4.69) is 5.32 Å². The van der Waals surface area contributed by atoms with Gasteiger partial charge in [0.25, 0.3) is 11.8 Å². The maximum Gasteiger partial charge on any atom is 0.263 e. The van der Waals surface area contributed by atoms with Crippen molar-refractivity contribution in [2.24, 2.45) is 0 Å². The van der Waals surface area contributed by atoms with Crippen molar-refractivity contribution >= 4 is 17.5 Å². The molecule has 0 aliphatic carbocycles. The molecule has 0 saturated heterocycles. The summed E-state index contributed by atoms with van der Waals surface area (Å²) in [5, 5.41) is 2.90. The number of carbonyl (C=O) groups excluding carboxylic acids is 2.